The van der Waals surface area contributed by atoms with E-state index in [2.05, 4.69) is 0 Å². The number of hydrogen-bond acceptors (Lipinski definition) is 0. The van der Waals surface area contributed by atoms with Gasteiger partial charge in [-0.05, 0) is 154 Å². The van der Waals surface area contributed by atoms with Gasteiger partial charge in [0.2, 0.25) is 0 Å². The first-order valence-corrected chi connectivity index (χ1v) is 16.8. The summed E-state index contributed by atoms with van der Waals surface area (Å²) in [6.07, 6.45) is 34.9. The Labute approximate surface area is 212 Å². The van der Waals surface area contributed by atoms with Crippen LogP contribution in [0.1, 0.15) is 141 Å². The van der Waals surface area contributed by atoms with Crippen molar-refractivity contribution in [2.24, 2.45) is 71.0 Å². The summed E-state index contributed by atoms with van der Waals surface area (Å²) in [6.45, 7) is 0. The van der Waals surface area contributed by atoms with Crippen LogP contribution in [0.4, 0.5) is 0 Å². The van der Waals surface area contributed by atoms with E-state index in [1.807, 2.05) is 0 Å². The Kier molecular flexibility index (Phi) is 6.84. The maximum Gasteiger partial charge on any atom is -0.0352 e. The second kappa shape index (κ2) is 10.0. The molecule has 6 atom stereocenters. The molecular formula is C34H56. The standard InChI is InChI=1S/C17H28.C10H16.C7H12/c1-2-6-14-12(4-1)8-10-17-15-7-3-5-13(15)9-11-16(14)17;1-7-2-9-4-8(1)5-10(3-7)6-9;1-2-7-4-3-6(1)5-7/h12-17H,1-11H2;7-10H,1-6H2;6-7H,1-5H2. The van der Waals surface area contributed by atoms with Crippen molar-refractivity contribution in [3.63, 3.8) is 0 Å². The van der Waals surface area contributed by atoms with Crippen molar-refractivity contribution < 1.29 is 0 Å². The average molecular weight is 465 g/mol. The summed E-state index contributed by atoms with van der Waals surface area (Å²) < 4.78 is 0. The van der Waals surface area contributed by atoms with Gasteiger partial charge in [0.1, 0.15) is 0 Å². The molecule has 192 valence electrons. The van der Waals surface area contributed by atoms with Gasteiger partial charge in [-0.25, -0.2) is 0 Å². The zero-order valence-corrected chi connectivity index (χ0v) is 22.5. The summed E-state index contributed by atoms with van der Waals surface area (Å²) in [5.74, 6) is 14.1. The van der Waals surface area contributed by atoms with Crippen LogP contribution >= 0.6 is 0 Å². The normalized spacial score (nSPS) is 53.6. The predicted octanol–water partition coefficient (Wildman–Crippen LogP) is 10.1. The van der Waals surface area contributed by atoms with Crippen LogP contribution in [0.5, 0.6) is 0 Å². The lowest BCUT2D eigenvalue weighted by molar-refractivity contribution is -0.0184. The molecule has 10 fully saturated rings. The Bertz CT molecular complexity index is 603. The molecule has 0 aromatic carbocycles. The smallest absolute Gasteiger partial charge is 0.0352 e. The summed E-state index contributed by atoms with van der Waals surface area (Å²) in [5, 5.41) is 0. The van der Waals surface area contributed by atoms with Crippen LogP contribution in [0, 0.1) is 71.0 Å². The number of rotatable bonds is 0. The second-order valence-electron chi connectivity index (χ2n) is 15.5. The molecule has 0 aromatic rings. The predicted molar refractivity (Wildman–Crippen MR) is 143 cm³/mol. The second-order valence-corrected chi connectivity index (χ2v) is 15.5. The molecule has 0 spiro atoms. The molecule has 0 radical (unpaired) electrons. The first-order chi connectivity index (χ1) is 16.8. The topological polar surface area (TPSA) is 0 Å². The van der Waals surface area contributed by atoms with Crippen LogP contribution in [0.3, 0.4) is 0 Å². The maximum absolute atomic E-state index is 1.62. The van der Waals surface area contributed by atoms with E-state index in [-0.39, 0.29) is 0 Å². The fourth-order valence-electron chi connectivity index (χ4n) is 12.6. The van der Waals surface area contributed by atoms with E-state index >= 15 is 0 Å². The van der Waals surface area contributed by atoms with Gasteiger partial charge < -0.3 is 0 Å². The van der Waals surface area contributed by atoms with Crippen molar-refractivity contribution in [3.05, 3.63) is 0 Å². The largest absolute Gasteiger partial charge is 0.0530 e. The van der Waals surface area contributed by atoms with Crippen LogP contribution in [-0.2, 0) is 0 Å². The Balaban J connectivity index is 0.0000000986. The van der Waals surface area contributed by atoms with E-state index in [9.17, 15) is 0 Å². The number of hydrogen-bond donors (Lipinski definition) is 0. The van der Waals surface area contributed by atoms with Gasteiger partial charge >= 0.3 is 0 Å². The number of fused-ring (bicyclic) bond motifs is 7. The minimum Gasteiger partial charge on any atom is -0.0530 e. The fraction of sp³-hybridized carbons (Fsp3) is 1.00. The summed E-state index contributed by atoms with van der Waals surface area (Å²) in [7, 11) is 0. The van der Waals surface area contributed by atoms with Crippen LogP contribution in [0.2, 0.25) is 0 Å². The summed E-state index contributed by atoms with van der Waals surface area (Å²) >= 11 is 0. The van der Waals surface area contributed by atoms with E-state index in [0.29, 0.717) is 0 Å². The third-order valence-electron chi connectivity index (χ3n) is 13.7. The lowest BCUT2D eigenvalue weighted by Gasteiger charge is -2.51. The Morgan fingerprint density at radius 1 is 0.235 bits per heavy atom. The summed E-state index contributed by atoms with van der Waals surface area (Å²) in [5.41, 5.74) is 0. The van der Waals surface area contributed by atoms with E-state index in [4.69, 9.17) is 0 Å². The highest BCUT2D eigenvalue weighted by Crippen LogP contribution is 2.58. The van der Waals surface area contributed by atoms with Gasteiger partial charge in [0, 0.05) is 0 Å². The quantitative estimate of drug-likeness (QED) is 0.334. The van der Waals surface area contributed by atoms with Gasteiger partial charge in [-0.15, -0.1) is 0 Å². The molecule has 6 unspecified atom stereocenters. The van der Waals surface area contributed by atoms with Crippen molar-refractivity contribution in [2.45, 2.75) is 141 Å². The molecule has 0 amide bonds. The van der Waals surface area contributed by atoms with Crippen molar-refractivity contribution in [2.75, 3.05) is 0 Å². The Morgan fingerprint density at radius 2 is 0.618 bits per heavy atom. The molecule has 0 aliphatic heterocycles. The molecule has 6 bridgehead atoms. The molecule has 10 aliphatic rings. The van der Waals surface area contributed by atoms with Gasteiger partial charge in [-0.1, -0.05) is 57.8 Å². The molecule has 10 rings (SSSR count). The SMILES string of the molecule is C1C2CC3CC1CC(C2)C3.C1CC2CCC1C2.C1CCC2C(C1)CCC1C3CCCC3CCC21. The highest BCUT2D eigenvalue weighted by Gasteiger charge is 2.48. The molecule has 0 heteroatoms. The van der Waals surface area contributed by atoms with Crippen LogP contribution in [0.15, 0.2) is 0 Å². The van der Waals surface area contributed by atoms with Crippen LogP contribution < -0.4 is 0 Å². The van der Waals surface area contributed by atoms with E-state index in [1.165, 1.54) is 59.2 Å². The van der Waals surface area contributed by atoms with Crippen molar-refractivity contribution in [1.82, 2.24) is 0 Å². The minimum atomic E-state index is 1.16. The van der Waals surface area contributed by atoms with Gasteiger partial charge in [0.25, 0.3) is 0 Å². The third-order valence-corrected chi connectivity index (χ3v) is 13.7. The van der Waals surface area contributed by atoms with Crippen LogP contribution in [0.25, 0.3) is 0 Å². The molecular weight excluding hydrogens is 408 g/mol. The van der Waals surface area contributed by atoms with E-state index < -0.39 is 0 Å². The molecule has 34 heavy (non-hydrogen) atoms. The molecule has 0 nitrogen and oxygen atoms in total. The Hall–Kier alpha value is 0. The molecule has 10 aliphatic carbocycles. The van der Waals surface area contributed by atoms with Gasteiger partial charge in [0.15, 0.2) is 0 Å². The minimum absolute atomic E-state index is 1.16. The van der Waals surface area contributed by atoms with Crippen molar-refractivity contribution in [1.29, 1.82) is 0 Å². The maximum atomic E-state index is 1.62. The fourth-order valence-corrected chi connectivity index (χ4v) is 12.6. The molecule has 10 saturated carbocycles. The van der Waals surface area contributed by atoms with Crippen molar-refractivity contribution in [3.8, 4) is 0 Å². The zero-order chi connectivity index (χ0) is 22.5. The molecule has 0 aromatic heterocycles. The van der Waals surface area contributed by atoms with E-state index in [0.717, 1.165) is 11.8 Å². The summed E-state index contributed by atoms with van der Waals surface area (Å²) in [4.78, 5) is 0. The van der Waals surface area contributed by atoms with Crippen LogP contribution in [-0.4, -0.2) is 0 Å². The zero-order valence-electron chi connectivity index (χ0n) is 22.5. The lowest BCUT2D eigenvalue weighted by Crippen LogP contribution is -2.43. The van der Waals surface area contributed by atoms with Gasteiger partial charge in [0.05, 0.1) is 0 Å². The Morgan fingerprint density at radius 3 is 1.06 bits per heavy atom. The third kappa shape index (κ3) is 4.69. The van der Waals surface area contributed by atoms with Gasteiger partial charge in [-0.2, -0.15) is 0 Å². The highest BCUT2D eigenvalue weighted by molar-refractivity contribution is 4.98. The lowest BCUT2D eigenvalue weighted by atomic mass is 9.54. The molecule has 0 heterocycles. The molecule has 0 N–H and O–H groups in total. The highest BCUT2D eigenvalue weighted by atomic mass is 14.5. The monoisotopic (exact) mass is 464 g/mol. The van der Waals surface area contributed by atoms with E-state index in [1.54, 1.807) is 141 Å². The average Bonchev–Trinajstić information content (AvgIpc) is 3.62. The first kappa shape index (κ1) is 23.1. The van der Waals surface area contributed by atoms with Gasteiger partial charge in [-0.3, -0.25) is 0 Å². The van der Waals surface area contributed by atoms with Crippen molar-refractivity contribution >= 4 is 0 Å². The summed E-state index contributed by atoms with van der Waals surface area (Å²) in [6, 6.07) is 0. The molecule has 0 saturated heterocycles. The first-order valence-electron chi connectivity index (χ1n) is 16.8.